The number of pyridine rings is 1. The molecule has 2 rings (SSSR count). The molecule has 0 aliphatic heterocycles. The van der Waals surface area contributed by atoms with Crippen molar-refractivity contribution in [1.29, 1.82) is 0 Å². The van der Waals surface area contributed by atoms with Crippen molar-refractivity contribution in [3.63, 3.8) is 0 Å². The molecule has 1 aromatic heterocycles. The number of carbonyl (C=O) groups is 1. The smallest absolute Gasteiger partial charge is 0.272 e. The summed E-state index contributed by atoms with van der Waals surface area (Å²) in [7, 11) is 0. The lowest BCUT2D eigenvalue weighted by Gasteiger charge is -2.04. The Morgan fingerprint density at radius 2 is 2.29 bits per heavy atom. The minimum Gasteiger partial charge on any atom is -0.494 e. The van der Waals surface area contributed by atoms with Crippen molar-refractivity contribution in [3.8, 4) is 5.75 Å². The number of nitrogens with one attached hydrogen (secondary N) is 1. The van der Waals surface area contributed by atoms with Crippen LogP contribution in [0.5, 0.6) is 5.75 Å². The molecule has 0 bridgehead atoms. The molecule has 0 aliphatic carbocycles. The number of carbonyl (C=O) groups excluding carboxylic acids is 1. The van der Waals surface area contributed by atoms with Gasteiger partial charge in [-0.1, -0.05) is 19.1 Å². The highest BCUT2D eigenvalue weighted by molar-refractivity contribution is 5.94. The van der Waals surface area contributed by atoms with Crippen LogP contribution in [0.25, 0.3) is 0 Å². The van der Waals surface area contributed by atoms with Crippen LogP contribution in [0.2, 0.25) is 0 Å². The van der Waals surface area contributed by atoms with Gasteiger partial charge in [0, 0.05) is 12.4 Å². The van der Waals surface area contributed by atoms with Crippen LogP contribution in [0, 0.1) is 0 Å². The molecular weight excluding hydrogens is 266 g/mol. The Morgan fingerprint density at radius 1 is 1.38 bits per heavy atom. The Balaban J connectivity index is 1.93. The fourth-order valence-corrected chi connectivity index (χ4v) is 1.63. The normalized spacial score (nSPS) is 10.5. The monoisotopic (exact) mass is 283 g/mol. The van der Waals surface area contributed by atoms with Crippen LogP contribution in [0.3, 0.4) is 0 Å². The number of hydrogen-bond acceptors (Lipinski definition) is 4. The third kappa shape index (κ3) is 4.72. The third-order valence-corrected chi connectivity index (χ3v) is 2.63. The van der Waals surface area contributed by atoms with Crippen LogP contribution in [0.4, 0.5) is 0 Å². The molecule has 1 amide bonds. The predicted molar refractivity (Wildman–Crippen MR) is 81.5 cm³/mol. The van der Waals surface area contributed by atoms with Gasteiger partial charge in [0.2, 0.25) is 0 Å². The van der Waals surface area contributed by atoms with Gasteiger partial charge in [0.1, 0.15) is 5.75 Å². The molecule has 0 fully saturated rings. The van der Waals surface area contributed by atoms with E-state index in [1.54, 1.807) is 24.5 Å². The first-order valence-electron chi connectivity index (χ1n) is 6.76. The van der Waals surface area contributed by atoms with Gasteiger partial charge in [-0.25, -0.2) is 5.43 Å². The van der Waals surface area contributed by atoms with Gasteiger partial charge in [-0.3, -0.25) is 9.78 Å². The number of benzene rings is 1. The molecule has 0 aliphatic rings. The Bertz CT molecular complexity index is 612. The molecule has 5 nitrogen and oxygen atoms in total. The number of nitrogens with zero attached hydrogens (tertiary/aromatic N) is 2. The van der Waals surface area contributed by atoms with E-state index < -0.39 is 0 Å². The number of hydrazone groups is 1. The summed E-state index contributed by atoms with van der Waals surface area (Å²) in [5, 5.41) is 3.93. The lowest BCUT2D eigenvalue weighted by molar-refractivity contribution is 0.0955. The van der Waals surface area contributed by atoms with Crippen LogP contribution in [0.15, 0.2) is 53.9 Å². The van der Waals surface area contributed by atoms with Crippen molar-refractivity contribution in [1.82, 2.24) is 10.4 Å². The zero-order chi connectivity index (χ0) is 14.9. The molecule has 1 aromatic carbocycles. The number of amides is 1. The zero-order valence-corrected chi connectivity index (χ0v) is 11.8. The average Bonchev–Trinajstić information content (AvgIpc) is 2.54. The molecule has 2 aromatic rings. The lowest BCUT2D eigenvalue weighted by Crippen LogP contribution is -2.17. The van der Waals surface area contributed by atoms with Gasteiger partial charge in [0.25, 0.3) is 5.91 Å². The van der Waals surface area contributed by atoms with Crippen molar-refractivity contribution in [3.05, 3.63) is 59.9 Å². The first-order valence-corrected chi connectivity index (χ1v) is 6.76. The summed E-state index contributed by atoms with van der Waals surface area (Å²) < 4.78 is 5.54. The van der Waals surface area contributed by atoms with Crippen molar-refractivity contribution in [2.45, 2.75) is 13.3 Å². The van der Waals surface area contributed by atoms with E-state index in [9.17, 15) is 4.79 Å². The van der Waals surface area contributed by atoms with Gasteiger partial charge in [-0.2, -0.15) is 5.10 Å². The topological polar surface area (TPSA) is 63.6 Å². The molecule has 108 valence electrons. The maximum atomic E-state index is 11.8. The Hall–Kier alpha value is -2.69. The van der Waals surface area contributed by atoms with Gasteiger partial charge in [0.15, 0.2) is 0 Å². The van der Waals surface area contributed by atoms with Crippen LogP contribution in [-0.2, 0) is 0 Å². The highest BCUT2D eigenvalue weighted by Crippen LogP contribution is 2.12. The quantitative estimate of drug-likeness (QED) is 0.654. The van der Waals surface area contributed by atoms with E-state index in [2.05, 4.69) is 22.4 Å². The highest BCUT2D eigenvalue weighted by atomic mass is 16.5. The molecule has 0 saturated carbocycles. The molecule has 0 saturated heterocycles. The van der Waals surface area contributed by atoms with E-state index in [1.807, 2.05) is 24.3 Å². The summed E-state index contributed by atoms with van der Waals surface area (Å²) in [5.41, 5.74) is 3.78. The van der Waals surface area contributed by atoms with Gasteiger partial charge in [-0.05, 0) is 36.2 Å². The van der Waals surface area contributed by atoms with Gasteiger partial charge < -0.3 is 4.74 Å². The Morgan fingerprint density at radius 3 is 3.05 bits per heavy atom. The fourth-order valence-electron chi connectivity index (χ4n) is 1.63. The molecule has 0 unspecified atom stereocenters. The molecule has 21 heavy (non-hydrogen) atoms. The summed E-state index contributed by atoms with van der Waals surface area (Å²) >= 11 is 0. The zero-order valence-electron chi connectivity index (χ0n) is 11.8. The van der Waals surface area contributed by atoms with E-state index >= 15 is 0 Å². The van der Waals surface area contributed by atoms with Crippen molar-refractivity contribution >= 4 is 12.1 Å². The maximum absolute atomic E-state index is 11.8. The van der Waals surface area contributed by atoms with E-state index in [4.69, 9.17) is 4.74 Å². The van der Waals surface area contributed by atoms with Gasteiger partial charge in [0.05, 0.1) is 18.4 Å². The second-order valence-electron chi connectivity index (χ2n) is 4.36. The summed E-state index contributed by atoms with van der Waals surface area (Å²) in [6.07, 6.45) is 5.64. The van der Waals surface area contributed by atoms with Gasteiger partial charge >= 0.3 is 0 Å². The average molecular weight is 283 g/mol. The standard InChI is InChI=1S/C16H17N3O2/c1-2-9-21-15-7-3-5-13(10-15)11-18-19-16(20)14-6-4-8-17-12-14/h3-8,10-12H,2,9H2,1H3,(H,19,20)/b18-11+. The highest BCUT2D eigenvalue weighted by Gasteiger charge is 2.02. The van der Waals surface area contributed by atoms with Crippen molar-refractivity contribution < 1.29 is 9.53 Å². The second kappa shape index (κ2) is 7.79. The summed E-state index contributed by atoms with van der Waals surface area (Å²) in [6, 6.07) is 10.9. The van der Waals surface area contributed by atoms with Gasteiger partial charge in [-0.15, -0.1) is 0 Å². The maximum Gasteiger partial charge on any atom is 0.272 e. The van der Waals surface area contributed by atoms with E-state index in [0.29, 0.717) is 12.2 Å². The minimum absolute atomic E-state index is 0.294. The number of ether oxygens (including phenoxy) is 1. The lowest BCUT2D eigenvalue weighted by atomic mass is 10.2. The third-order valence-electron chi connectivity index (χ3n) is 2.63. The minimum atomic E-state index is -0.294. The Kier molecular flexibility index (Phi) is 5.46. The van der Waals surface area contributed by atoms with Crippen LogP contribution < -0.4 is 10.2 Å². The molecule has 0 spiro atoms. The SMILES string of the molecule is CCCOc1cccc(/C=N/NC(=O)c2cccnc2)c1. The largest absolute Gasteiger partial charge is 0.494 e. The summed E-state index contributed by atoms with van der Waals surface area (Å²) in [5.74, 6) is 0.497. The van der Waals surface area contributed by atoms with E-state index in [0.717, 1.165) is 17.7 Å². The number of hydrogen-bond donors (Lipinski definition) is 1. The molecule has 1 N–H and O–H groups in total. The molecule has 1 heterocycles. The molecule has 0 atom stereocenters. The first-order chi connectivity index (χ1) is 10.3. The number of rotatable bonds is 6. The first kappa shape index (κ1) is 14.7. The fraction of sp³-hybridized carbons (Fsp3) is 0.188. The van der Waals surface area contributed by atoms with Crippen LogP contribution in [-0.4, -0.2) is 23.7 Å². The summed E-state index contributed by atoms with van der Waals surface area (Å²) in [6.45, 7) is 2.73. The van der Waals surface area contributed by atoms with E-state index in [-0.39, 0.29) is 5.91 Å². The summed E-state index contributed by atoms with van der Waals surface area (Å²) in [4.78, 5) is 15.6. The Labute approximate surface area is 123 Å². The predicted octanol–water partition coefficient (Wildman–Crippen LogP) is 2.63. The van der Waals surface area contributed by atoms with Crippen LogP contribution in [0.1, 0.15) is 29.3 Å². The number of aromatic nitrogens is 1. The van der Waals surface area contributed by atoms with Crippen LogP contribution >= 0.6 is 0 Å². The van der Waals surface area contributed by atoms with Crippen molar-refractivity contribution in [2.75, 3.05) is 6.61 Å². The molecule has 5 heteroatoms. The molecular formula is C16H17N3O2. The van der Waals surface area contributed by atoms with E-state index in [1.165, 1.54) is 6.20 Å². The molecule has 0 radical (unpaired) electrons. The van der Waals surface area contributed by atoms with Crippen molar-refractivity contribution in [2.24, 2.45) is 5.10 Å². The second-order valence-corrected chi connectivity index (χ2v) is 4.36.